The number of nitrogens with one attached hydrogen (secondary N) is 1. The van der Waals surface area contributed by atoms with E-state index in [1.54, 1.807) is 22.9 Å². The Morgan fingerprint density at radius 2 is 2.16 bits per heavy atom. The van der Waals surface area contributed by atoms with Gasteiger partial charge in [0.2, 0.25) is 0 Å². The molecule has 0 amide bonds. The van der Waals surface area contributed by atoms with Crippen LogP contribution in [0.5, 0.6) is 0 Å². The van der Waals surface area contributed by atoms with Gasteiger partial charge in [-0.25, -0.2) is 9.78 Å². The monoisotopic (exact) mass is 263 g/mol. The molecule has 0 spiro atoms. The average molecular weight is 263 g/mol. The van der Waals surface area contributed by atoms with Crippen molar-refractivity contribution in [2.45, 2.75) is 45.7 Å². The molecule has 104 valence electrons. The predicted octanol–water partition coefficient (Wildman–Crippen LogP) is 2.16. The average Bonchev–Trinajstić information content (AvgIpc) is 2.64. The number of rotatable bonds is 5. The van der Waals surface area contributed by atoms with Gasteiger partial charge >= 0.3 is 5.76 Å². The van der Waals surface area contributed by atoms with Crippen molar-refractivity contribution < 1.29 is 4.42 Å². The molecular formula is C14H21N3O2. The molecule has 5 nitrogen and oxygen atoms in total. The van der Waals surface area contributed by atoms with Gasteiger partial charge < -0.3 is 9.73 Å². The van der Waals surface area contributed by atoms with Crippen molar-refractivity contribution in [1.82, 2.24) is 14.9 Å². The van der Waals surface area contributed by atoms with E-state index in [0.29, 0.717) is 17.8 Å². The minimum atomic E-state index is -0.322. The Bertz CT molecular complexity index is 592. The van der Waals surface area contributed by atoms with Gasteiger partial charge in [-0.1, -0.05) is 0 Å². The van der Waals surface area contributed by atoms with Crippen LogP contribution in [-0.4, -0.2) is 21.6 Å². The number of aryl methyl sites for hydroxylation is 1. The number of hydrogen-bond acceptors (Lipinski definition) is 4. The van der Waals surface area contributed by atoms with Gasteiger partial charge in [-0.05, 0) is 52.3 Å². The molecule has 0 bridgehead atoms. The lowest BCUT2D eigenvalue weighted by Crippen LogP contribution is -2.36. The second-order valence-corrected chi connectivity index (χ2v) is 5.73. The zero-order valence-electron chi connectivity index (χ0n) is 11.8. The van der Waals surface area contributed by atoms with E-state index in [4.69, 9.17) is 4.42 Å². The highest BCUT2D eigenvalue weighted by Gasteiger charge is 2.10. The van der Waals surface area contributed by atoms with Crippen molar-refractivity contribution in [2.75, 3.05) is 6.54 Å². The summed E-state index contributed by atoms with van der Waals surface area (Å²) in [5, 5.41) is 3.43. The Balaban J connectivity index is 1.92. The number of nitrogens with zero attached hydrogens (tertiary/aromatic N) is 2. The van der Waals surface area contributed by atoms with Crippen LogP contribution in [0.25, 0.3) is 11.2 Å². The van der Waals surface area contributed by atoms with E-state index in [2.05, 4.69) is 31.1 Å². The highest BCUT2D eigenvalue weighted by molar-refractivity contribution is 5.67. The molecule has 0 radical (unpaired) electrons. The molecule has 2 rings (SSSR count). The van der Waals surface area contributed by atoms with Gasteiger partial charge in [-0.2, -0.15) is 0 Å². The second-order valence-electron chi connectivity index (χ2n) is 5.73. The summed E-state index contributed by atoms with van der Waals surface area (Å²) in [4.78, 5) is 15.9. The van der Waals surface area contributed by atoms with E-state index in [1.807, 2.05) is 0 Å². The van der Waals surface area contributed by atoms with Crippen molar-refractivity contribution in [3.05, 3.63) is 28.9 Å². The summed E-state index contributed by atoms with van der Waals surface area (Å²) < 4.78 is 6.74. The highest BCUT2D eigenvalue weighted by atomic mass is 16.4. The number of fused-ring (bicyclic) bond motifs is 1. The maximum absolute atomic E-state index is 11.7. The Labute approximate surface area is 112 Å². The van der Waals surface area contributed by atoms with Crippen LogP contribution in [0.2, 0.25) is 0 Å². The lowest BCUT2D eigenvalue weighted by molar-refractivity contribution is 0.411. The molecule has 0 aliphatic rings. The minimum Gasteiger partial charge on any atom is -0.406 e. The van der Waals surface area contributed by atoms with Crippen LogP contribution in [0.3, 0.4) is 0 Å². The van der Waals surface area contributed by atoms with E-state index in [-0.39, 0.29) is 11.3 Å². The molecule has 5 heteroatoms. The molecule has 2 heterocycles. The molecule has 19 heavy (non-hydrogen) atoms. The SMILES string of the molecule is CC(C)(C)NCCCCn1c(=O)oc2cccnc21. The van der Waals surface area contributed by atoms with Gasteiger partial charge in [0.25, 0.3) is 0 Å². The Morgan fingerprint density at radius 1 is 1.37 bits per heavy atom. The Hall–Kier alpha value is -1.62. The maximum atomic E-state index is 11.7. The summed E-state index contributed by atoms with van der Waals surface area (Å²) >= 11 is 0. The number of pyridine rings is 1. The van der Waals surface area contributed by atoms with Crippen molar-refractivity contribution in [3.63, 3.8) is 0 Å². The first-order chi connectivity index (χ1) is 8.97. The van der Waals surface area contributed by atoms with Gasteiger partial charge in [-0.3, -0.25) is 4.57 Å². The van der Waals surface area contributed by atoms with Crippen molar-refractivity contribution in [1.29, 1.82) is 0 Å². The van der Waals surface area contributed by atoms with E-state index < -0.39 is 0 Å². The summed E-state index contributed by atoms with van der Waals surface area (Å²) in [7, 11) is 0. The Morgan fingerprint density at radius 3 is 2.89 bits per heavy atom. The molecule has 2 aromatic heterocycles. The summed E-state index contributed by atoms with van der Waals surface area (Å²) in [5.74, 6) is -0.322. The minimum absolute atomic E-state index is 0.140. The third-order valence-electron chi connectivity index (χ3n) is 2.89. The van der Waals surface area contributed by atoms with Gasteiger partial charge in [0.1, 0.15) is 0 Å². The molecule has 2 aromatic rings. The fourth-order valence-corrected chi connectivity index (χ4v) is 1.96. The van der Waals surface area contributed by atoms with Gasteiger partial charge in [0.05, 0.1) is 0 Å². The number of hydrogen-bond donors (Lipinski definition) is 1. The lowest BCUT2D eigenvalue weighted by atomic mass is 10.1. The van der Waals surface area contributed by atoms with E-state index in [1.165, 1.54) is 0 Å². The van der Waals surface area contributed by atoms with Crippen LogP contribution in [-0.2, 0) is 6.54 Å². The zero-order valence-corrected chi connectivity index (χ0v) is 11.8. The second kappa shape index (κ2) is 5.57. The molecule has 0 aromatic carbocycles. The fourth-order valence-electron chi connectivity index (χ4n) is 1.96. The first-order valence-electron chi connectivity index (χ1n) is 6.67. The van der Waals surface area contributed by atoms with Crippen LogP contribution >= 0.6 is 0 Å². The normalized spacial score (nSPS) is 12.2. The van der Waals surface area contributed by atoms with Gasteiger partial charge in [0, 0.05) is 18.3 Å². The first kappa shape index (κ1) is 13.8. The summed E-state index contributed by atoms with van der Waals surface area (Å²) in [5.41, 5.74) is 1.33. The molecule has 0 fully saturated rings. The van der Waals surface area contributed by atoms with Crippen LogP contribution < -0.4 is 11.1 Å². The van der Waals surface area contributed by atoms with Gasteiger partial charge in [0.15, 0.2) is 11.2 Å². The van der Waals surface area contributed by atoms with Crippen LogP contribution in [0.4, 0.5) is 0 Å². The fraction of sp³-hybridized carbons (Fsp3) is 0.571. The van der Waals surface area contributed by atoms with E-state index in [0.717, 1.165) is 19.4 Å². The largest absolute Gasteiger partial charge is 0.421 e. The van der Waals surface area contributed by atoms with Crippen LogP contribution in [0.1, 0.15) is 33.6 Å². The number of unbranched alkanes of at least 4 members (excludes halogenated alkanes) is 1. The van der Waals surface area contributed by atoms with E-state index >= 15 is 0 Å². The molecule has 0 aliphatic carbocycles. The summed E-state index contributed by atoms with van der Waals surface area (Å²) in [6, 6.07) is 3.53. The third-order valence-corrected chi connectivity index (χ3v) is 2.89. The number of aromatic nitrogens is 2. The highest BCUT2D eigenvalue weighted by Crippen LogP contribution is 2.09. The molecule has 0 aliphatic heterocycles. The van der Waals surface area contributed by atoms with E-state index in [9.17, 15) is 4.79 Å². The van der Waals surface area contributed by atoms with Crippen LogP contribution in [0.15, 0.2) is 27.5 Å². The Kier molecular flexibility index (Phi) is 4.04. The molecule has 0 saturated carbocycles. The molecular weight excluding hydrogens is 242 g/mol. The molecule has 0 atom stereocenters. The third kappa shape index (κ3) is 3.67. The molecule has 1 N–H and O–H groups in total. The predicted molar refractivity (Wildman–Crippen MR) is 75.3 cm³/mol. The van der Waals surface area contributed by atoms with Crippen molar-refractivity contribution in [2.24, 2.45) is 0 Å². The molecule has 0 unspecified atom stereocenters. The quantitative estimate of drug-likeness (QED) is 0.840. The first-order valence-corrected chi connectivity index (χ1v) is 6.67. The van der Waals surface area contributed by atoms with Crippen LogP contribution in [0, 0.1) is 0 Å². The maximum Gasteiger partial charge on any atom is 0.421 e. The summed E-state index contributed by atoms with van der Waals surface area (Å²) in [6.45, 7) is 8.02. The van der Waals surface area contributed by atoms with Crippen molar-refractivity contribution >= 4 is 11.2 Å². The number of oxazole rings is 1. The lowest BCUT2D eigenvalue weighted by Gasteiger charge is -2.20. The molecule has 0 saturated heterocycles. The topological polar surface area (TPSA) is 60.1 Å². The summed E-state index contributed by atoms with van der Waals surface area (Å²) in [6.07, 6.45) is 3.62. The van der Waals surface area contributed by atoms with Crippen molar-refractivity contribution in [3.8, 4) is 0 Å². The standard InChI is InChI=1S/C14H21N3O2/c1-14(2,3)16-9-4-5-10-17-12-11(19-13(17)18)7-6-8-15-12/h6-8,16H,4-5,9-10H2,1-3H3. The smallest absolute Gasteiger partial charge is 0.406 e. The zero-order chi connectivity index (χ0) is 13.9. The van der Waals surface area contributed by atoms with Gasteiger partial charge in [-0.15, -0.1) is 0 Å².